The van der Waals surface area contributed by atoms with E-state index < -0.39 is 0 Å². The molecular weight excluding hydrogens is 278 g/mol. The van der Waals surface area contributed by atoms with E-state index in [1.165, 1.54) is 5.69 Å². The molecule has 0 radical (unpaired) electrons. The zero-order valence-electron chi connectivity index (χ0n) is 14.1. The van der Waals surface area contributed by atoms with Gasteiger partial charge in [-0.2, -0.15) is 0 Å². The largest absolute Gasteiger partial charge is 0.444 e. The van der Waals surface area contributed by atoms with Crippen LogP contribution in [0.4, 0.5) is 0 Å². The molecule has 0 aromatic carbocycles. The number of nitrogens with one attached hydrogen (secondary N) is 1. The number of oxazole rings is 1. The molecule has 6 heteroatoms. The van der Waals surface area contributed by atoms with Gasteiger partial charge in [0.2, 0.25) is 5.89 Å². The Morgan fingerprint density at radius 1 is 1.45 bits per heavy atom. The summed E-state index contributed by atoms with van der Waals surface area (Å²) in [6, 6.07) is 4.16. The lowest BCUT2D eigenvalue weighted by atomic mass is 10.4. The van der Waals surface area contributed by atoms with E-state index in [-0.39, 0.29) is 0 Å². The number of aliphatic imine (C=N–C) groups is 1. The van der Waals surface area contributed by atoms with Crippen molar-refractivity contribution >= 4 is 5.96 Å². The maximum Gasteiger partial charge on any atom is 0.216 e. The Labute approximate surface area is 131 Å². The fraction of sp³-hybridized carbons (Fsp3) is 0.500. The molecule has 0 unspecified atom stereocenters. The molecule has 22 heavy (non-hydrogen) atoms. The minimum Gasteiger partial charge on any atom is -0.444 e. The highest BCUT2D eigenvalue weighted by Gasteiger charge is 2.10. The summed E-state index contributed by atoms with van der Waals surface area (Å²) >= 11 is 0. The SMILES string of the molecule is CCNC(=NCc1nc(C)c(C)o1)N(C)Cc1cccn1C. The molecule has 0 aliphatic carbocycles. The maximum atomic E-state index is 5.58. The van der Waals surface area contributed by atoms with Gasteiger partial charge >= 0.3 is 0 Å². The molecule has 0 spiro atoms. The highest BCUT2D eigenvalue weighted by Crippen LogP contribution is 2.10. The van der Waals surface area contributed by atoms with Crippen molar-refractivity contribution in [2.24, 2.45) is 12.0 Å². The van der Waals surface area contributed by atoms with E-state index in [0.29, 0.717) is 12.4 Å². The lowest BCUT2D eigenvalue weighted by Crippen LogP contribution is -2.38. The van der Waals surface area contributed by atoms with Crippen LogP contribution >= 0.6 is 0 Å². The van der Waals surface area contributed by atoms with E-state index >= 15 is 0 Å². The van der Waals surface area contributed by atoms with Gasteiger partial charge in [0.05, 0.1) is 12.2 Å². The Morgan fingerprint density at radius 2 is 2.23 bits per heavy atom. The molecule has 0 atom stereocenters. The van der Waals surface area contributed by atoms with Crippen LogP contribution in [-0.4, -0.2) is 34.0 Å². The van der Waals surface area contributed by atoms with Crippen molar-refractivity contribution in [2.75, 3.05) is 13.6 Å². The molecule has 6 nitrogen and oxygen atoms in total. The molecule has 0 bridgehead atoms. The van der Waals surface area contributed by atoms with E-state index in [1.54, 1.807) is 0 Å². The van der Waals surface area contributed by atoms with E-state index in [2.05, 4.69) is 37.8 Å². The van der Waals surface area contributed by atoms with Gasteiger partial charge in [0.25, 0.3) is 0 Å². The molecule has 0 aliphatic heterocycles. The average molecular weight is 303 g/mol. The van der Waals surface area contributed by atoms with E-state index in [1.807, 2.05) is 40.2 Å². The van der Waals surface area contributed by atoms with Crippen LogP contribution in [0, 0.1) is 13.8 Å². The molecule has 0 saturated carbocycles. The van der Waals surface area contributed by atoms with Gasteiger partial charge in [-0.05, 0) is 32.9 Å². The van der Waals surface area contributed by atoms with Gasteiger partial charge in [0.15, 0.2) is 5.96 Å². The minimum absolute atomic E-state index is 0.439. The summed E-state index contributed by atoms with van der Waals surface area (Å²) in [5.74, 6) is 2.35. The highest BCUT2D eigenvalue weighted by molar-refractivity contribution is 5.79. The van der Waals surface area contributed by atoms with Crippen LogP contribution in [0.5, 0.6) is 0 Å². The summed E-state index contributed by atoms with van der Waals surface area (Å²) in [4.78, 5) is 11.1. The summed E-state index contributed by atoms with van der Waals surface area (Å²) in [6.07, 6.45) is 2.05. The van der Waals surface area contributed by atoms with Crippen LogP contribution in [0.3, 0.4) is 0 Å². The quantitative estimate of drug-likeness (QED) is 0.680. The fourth-order valence-electron chi connectivity index (χ4n) is 2.20. The van der Waals surface area contributed by atoms with Gasteiger partial charge in [-0.3, -0.25) is 0 Å². The molecule has 2 aromatic rings. The van der Waals surface area contributed by atoms with Crippen LogP contribution in [-0.2, 0) is 20.1 Å². The summed E-state index contributed by atoms with van der Waals surface area (Å²) in [7, 11) is 4.08. The summed E-state index contributed by atoms with van der Waals surface area (Å²) in [6.45, 7) is 7.97. The van der Waals surface area contributed by atoms with Crippen LogP contribution in [0.2, 0.25) is 0 Å². The van der Waals surface area contributed by atoms with Crippen molar-refractivity contribution in [1.82, 2.24) is 19.8 Å². The normalized spacial score (nSPS) is 11.8. The number of rotatable bonds is 5. The molecule has 0 aliphatic rings. The van der Waals surface area contributed by atoms with Crippen molar-refractivity contribution in [3.05, 3.63) is 41.4 Å². The Kier molecular flexibility index (Phi) is 5.25. The Morgan fingerprint density at radius 3 is 2.77 bits per heavy atom. The van der Waals surface area contributed by atoms with E-state index in [4.69, 9.17) is 4.42 Å². The Bertz CT molecular complexity index is 621. The Hall–Kier alpha value is -2.24. The monoisotopic (exact) mass is 303 g/mol. The standard InChI is InChI=1S/C16H25N5O/c1-6-17-16(18-10-15-19-12(2)13(3)22-15)21(5)11-14-8-7-9-20(14)4/h7-9H,6,10-11H2,1-5H3,(H,17,18). The van der Waals surface area contributed by atoms with Crippen LogP contribution in [0.25, 0.3) is 0 Å². The van der Waals surface area contributed by atoms with Crippen molar-refractivity contribution in [3.63, 3.8) is 0 Å². The second-order valence-electron chi connectivity index (χ2n) is 5.39. The molecule has 120 valence electrons. The Balaban J connectivity index is 2.07. The third-order valence-corrected chi connectivity index (χ3v) is 3.58. The molecule has 2 heterocycles. The van der Waals surface area contributed by atoms with Crippen molar-refractivity contribution in [2.45, 2.75) is 33.9 Å². The average Bonchev–Trinajstić information content (AvgIpc) is 3.01. The van der Waals surface area contributed by atoms with Crippen molar-refractivity contribution < 1.29 is 4.42 Å². The van der Waals surface area contributed by atoms with Gasteiger partial charge in [-0.15, -0.1) is 0 Å². The molecule has 0 amide bonds. The predicted molar refractivity (Wildman–Crippen MR) is 87.7 cm³/mol. The van der Waals surface area contributed by atoms with Crippen LogP contribution in [0.1, 0.15) is 30.0 Å². The van der Waals surface area contributed by atoms with Gasteiger partial charge in [0, 0.05) is 32.5 Å². The van der Waals surface area contributed by atoms with E-state index in [0.717, 1.165) is 30.5 Å². The number of hydrogen-bond acceptors (Lipinski definition) is 3. The molecule has 0 fully saturated rings. The fourth-order valence-corrected chi connectivity index (χ4v) is 2.20. The summed E-state index contributed by atoms with van der Waals surface area (Å²) in [5.41, 5.74) is 2.16. The molecule has 2 rings (SSSR count). The zero-order chi connectivity index (χ0) is 16.1. The number of hydrogen-bond donors (Lipinski definition) is 1. The topological polar surface area (TPSA) is 58.6 Å². The number of guanidine groups is 1. The molecule has 2 aromatic heterocycles. The predicted octanol–water partition coefficient (Wildman–Crippen LogP) is 2.23. The lowest BCUT2D eigenvalue weighted by Gasteiger charge is -2.22. The van der Waals surface area contributed by atoms with Crippen molar-refractivity contribution in [3.8, 4) is 0 Å². The van der Waals surface area contributed by atoms with Gasteiger partial charge in [-0.1, -0.05) is 0 Å². The maximum absolute atomic E-state index is 5.58. The van der Waals surface area contributed by atoms with Gasteiger partial charge in [-0.25, -0.2) is 9.98 Å². The number of nitrogens with zero attached hydrogens (tertiary/aromatic N) is 4. The first-order chi connectivity index (χ1) is 10.5. The first kappa shape index (κ1) is 16.1. The molecule has 1 N–H and O–H groups in total. The molecular formula is C16H25N5O. The second-order valence-corrected chi connectivity index (χ2v) is 5.39. The highest BCUT2D eigenvalue weighted by atomic mass is 16.4. The molecule has 0 saturated heterocycles. The first-order valence-electron chi connectivity index (χ1n) is 7.53. The van der Waals surface area contributed by atoms with Gasteiger partial charge in [0.1, 0.15) is 12.3 Å². The summed E-state index contributed by atoms with van der Waals surface area (Å²) < 4.78 is 7.69. The summed E-state index contributed by atoms with van der Waals surface area (Å²) in [5, 5.41) is 3.30. The number of aromatic nitrogens is 2. The van der Waals surface area contributed by atoms with Crippen LogP contribution in [0.15, 0.2) is 27.7 Å². The minimum atomic E-state index is 0.439. The van der Waals surface area contributed by atoms with Crippen molar-refractivity contribution in [1.29, 1.82) is 0 Å². The zero-order valence-corrected chi connectivity index (χ0v) is 14.1. The third kappa shape index (κ3) is 3.90. The smallest absolute Gasteiger partial charge is 0.216 e. The third-order valence-electron chi connectivity index (χ3n) is 3.58. The van der Waals surface area contributed by atoms with Gasteiger partial charge < -0.3 is 19.2 Å². The first-order valence-corrected chi connectivity index (χ1v) is 7.53. The lowest BCUT2D eigenvalue weighted by molar-refractivity contribution is 0.450. The second kappa shape index (κ2) is 7.15. The van der Waals surface area contributed by atoms with Crippen LogP contribution < -0.4 is 5.32 Å². The number of aryl methyl sites for hydroxylation is 3. The van der Waals surface area contributed by atoms with E-state index in [9.17, 15) is 0 Å².